The molecule has 0 atom stereocenters. The minimum absolute atomic E-state index is 0.0833. The molecule has 0 fully saturated rings. The Morgan fingerprint density at radius 3 is 1.67 bits per heavy atom. The van der Waals surface area contributed by atoms with Gasteiger partial charge in [-0.2, -0.15) is 13.2 Å². The molecule has 0 spiro atoms. The summed E-state index contributed by atoms with van der Waals surface area (Å²) in [4.78, 5) is 0. The van der Waals surface area contributed by atoms with Gasteiger partial charge in [0.1, 0.15) is 0 Å². The number of ether oxygens (including phenoxy) is 2. The van der Waals surface area contributed by atoms with Crippen LogP contribution in [0.3, 0.4) is 0 Å². The minimum atomic E-state index is -4.34. The predicted octanol–water partition coefficient (Wildman–Crippen LogP) is 2.11. The monoisotopic (exact) mass is 184 g/mol. The van der Waals surface area contributed by atoms with E-state index in [1.807, 2.05) is 0 Å². The highest BCUT2D eigenvalue weighted by Crippen LogP contribution is 2.20. The molecule has 0 aliphatic carbocycles. The quantitative estimate of drug-likeness (QED) is 0.494. The third kappa shape index (κ3) is 4.35. The fourth-order valence-corrected chi connectivity index (χ4v) is 0.465. The van der Waals surface area contributed by atoms with Crippen LogP contribution in [0.2, 0.25) is 0 Å². The Morgan fingerprint density at radius 2 is 1.42 bits per heavy atom. The molecule has 0 rings (SSSR count). The van der Waals surface area contributed by atoms with Crippen molar-refractivity contribution >= 4 is 0 Å². The predicted molar refractivity (Wildman–Crippen MR) is 37.6 cm³/mol. The number of alkyl halides is 3. The minimum Gasteiger partial charge on any atom is -0.350 e. The van der Waals surface area contributed by atoms with Crippen LogP contribution in [-0.2, 0) is 9.47 Å². The second-order valence-electron chi connectivity index (χ2n) is 2.30. The van der Waals surface area contributed by atoms with Crippen molar-refractivity contribution in [3.05, 3.63) is 12.2 Å². The molecule has 0 unspecified atom stereocenters. The fraction of sp³-hybridized carbons (Fsp3) is 0.714. The maximum atomic E-state index is 11.7. The summed E-state index contributed by atoms with van der Waals surface area (Å²) in [5, 5.41) is 0. The average molecular weight is 184 g/mol. The van der Waals surface area contributed by atoms with E-state index in [4.69, 9.17) is 0 Å². The van der Waals surface area contributed by atoms with Crippen molar-refractivity contribution < 1.29 is 22.6 Å². The van der Waals surface area contributed by atoms with E-state index in [2.05, 4.69) is 9.47 Å². The van der Waals surface area contributed by atoms with Gasteiger partial charge in [0.25, 0.3) is 0 Å². The molecule has 0 aromatic heterocycles. The van der Waals surface area contributed by atoms with Gasteiger partial charge in [0.15, 0.2) is 5.79 Å². The van der Waals surface area contributed by atoms with Crippen LogP contribution < -0.4 is 0 Å². The highest BCUT2D eigenvalue weighted by molar-refractivity contribution is 4.97. The zero-order valence-electron chi connectivity index (χ0n) is 7.11. The Labute approximate surface area is 69.0 Å². The van der Waals surface area contributed by atoms with Gasteiger partial charge in [-0.1, -0.05) is 0 Å². The first kappa shape index (κ1) is 11.4. The number of methoxy groups -OCH3 is 2. The summed E-state index contributed by atoms with van der Waals surface area (Å²) < 4.78 is 44.3. The summed E-state index contributed by atoms with van der Waals surface area (Å²) >= 11 is 0. The summed E-state index contributed by atoms with van der Waals surface area (Å²) in [6.45, 7) is 1.38. The van der Waals surface area contributed by atoms with E-state index in [1.54, 1.807) is 0 Å². The Hall–Kier alpha value is -0.550. The molecule has 0 aromatic rings. The van der Waals surface area contributed by atoms with Gasteiger partial charge in [0, 0.05) is 20.3 Å². The first-order valence-electron chi connectivity index (χ1n) is 3.20. The zero-order chi connectivity index (χ0) is 9.83. The van der Waals surface area contributed by atoms with Gasteiger partial charge in [-0.3, -0.25) is 0 Å². The van der Waals surface area contributed by atoms with E-state index in [0.29, 0.717) is 0 Å². The molecule has 0 radical (unpaired) electrons. The maximum Gasteiger partial charge on any atom is 0.409 e. The summed E-state index contributed by atoms with van der Waals surface area (Å²) in [5.74, 6) is -1.31. The normalized spacial score (nSPS) is 14.2. The molecule has 5 heteroatoms. The van der Waals surface area contributed by atoms with Crippen molar-refractivity contribution in [3.8, 4) is 0 Å². The molecule has 0 heterocycles. The molecular weight excluding hydrogens is 173 g/mol. The lowest BCUT2D eigenvalue weighted by Gasteiger charge is -2.22. The fourth-order valence-electron chi connectivity index (χ4n) is 0.465. The molecule has 0 saturated carbocycles. The van der Waals surface area contributed by atoms with Gasteiger partial charge in [-0.05, 0) is 13.0 Å². The lowest BCUT2D eigenvalue weighted by molar-refractivity contribution is -0.158. The molecule has 0 aromatic carbocycles. The van der Waals surface area contributed by atoms with Crippen molar-refractivity contribution in [2.45, 2.75) is 18.9 Å². The van der Waals surface area contributed by atoms with Crippen LogP contribution >= 0.6 is 0 Å². The second-order valence-corrected chi connectivity index (χ2v) is 2.30. The van der Waals surface area contributed by atoms with E-state index < -0.39 is 12.0 Å². The van der Waals surface area contributed by atoms with Gasteiger partial charge in [-0.15, -0.1) is 0 Å². The van der Waals surface area contributed by atoms with Crippen LogP contribution in [0.4, 0.5) is 13.2 Å². The van der Waals surface area contributed by atoms with E-state index in [-0.39, 0.29) is 6.08 Å². The molecule has 72 valence electrons. The van der Waals surface area contributed by atoms with Crippen molar-refractivity contribution in [3.63, 3.8) is 0 Å². The van der Waals surface area contributed by atoms with Crippen molar-refractivity contribution in [2.24, 2.45) is 0 Å². The van der Waals surface area contributed by atoms with Crippen molar-refractivity contribution in [2.75, 3.05) is 14.2 Å². The third-order valence-corrected chi connectivity index (χ3v) is 1.39. The van der Waals surface area contributed by atoms with Gasteiger partial charge >= 0.3 is 6.18 Å². The van der Waals surface area contributed by atoms with E-state index in [0.717, 1.165) is 6.08 Å². The molecule has 0 saturated heterocycles. The number of allylic oxidation sites excluding steroid dienone is 1. The summed E-state index contributed by atoms with van der Waals surface area (Å²) in [7, 11) is 2.54. The Kier molecular flexibility index (Phi) is 3.73. The van der Waals surface area contributed by atoms with Crippen molar-refractivity contribution in [1.29, 1.82) is 0 Å². The van der Waals surface area contributed by atoms with Gasteiger partial charge < -0.3 is 9.47 Å². The Morgan fingerprint density at radius 1 is 1.00 bits per heavy atom. The standard InChI is InChI=1S/C7H11F3O2/c1-6(11-2,12-3)4-5-7(8,9)10/h4-5H,1-3H3/b5-4+. The van der Waals surface area contributed by atoms with E-state index in [9.17, 15) is 13.2 Å². The number of halogens is 3. The Bertz CT molecular complexity index is 159. The van der Waals surface area contributed by atoms with Gasteiger partial charge in [0.05, 0.1) is 0 Å². The molecule has 0 N–H and O–H groups in total. The lowest BCUT2D eigenvalue weighted by Crippen LogP contribution is -2.27. The van der Waals surface area contributed by atoms with Crippen LogP contribution in [0, 0.1) is 0 Å². The average Bonchev–Trinajstić information content (AvgIpc) is 1.99. The first-order valence-corrected chi connectivity index (χ1v) is 3.20. The van der Waals surface area contributed by atoms with Gasteiger partial charge in [-0.25, -0.2) is 0 Å². The molecule has 12 heavy (non-hydrogen) atoms. The molecule has 0 aliphatic rings. The van der Waals surface area contributed by atoms with Crippen LogP contribution in [0.15, 0.2) is 12.2 Å². The highest BCUT2D eigenvalue weighted by atomic mass is 19.4. The molecule has 2 nitrogen and oxygen atoms in total. The van der Waals surface area contributed by atoms with E-state index in [1.165, 1.54) is 21.1 Å². The smallest absolute Gasteiger partial charge is 0.350 e. The Balaban J connectivity index is 4.30. The molecule has 0 aliphatic heterocycles. The molecule has 0 amide bonds. The number of hydrogen-bond donors (Lipinski definition) is 0. The van der Waals surface area contributed by atoms with E-state index >= 15 is 0 Å². The van der Waals surface area contributed by atoms with Crippen LogP contribution in [0.25, 0.3) is 0 Å². The number of rotatable bonds is 3. The SMILES string of the molecule is COC(C)(/C=C/C(F)(F)F)OC. The topological polar surface area (TPSA) is 18.5 Å². The molecule has 0 bridgehead atoms. The summed E-state index contributed by atoms with van der Waals surface area (Å²) in [6, 6.07) is 0. The maximum absolute atomic E-state index is 11.7. The van der Waals surface area contributed by atoms with Crippen LogP contribution in [0.1, 0.15) is 6.92 Å². The third-order valence-electron chi connectivity index (χ3n) is 1.39. The highest BCUT2D eigenvalue weighted by Gasteiger charge is 2.26. The second kappa shape index (κ2) is 3.91. The van der Waals surface area contributed by atoms with Gasteiger partial charge in [0.2, 0.25) is 0 Å². The zero-order valence-corrected chi connectivity index (χ0v) is 7.11. The van der Waals surface area contributed by atoms with Crippen LogP contribution in [0.5, 0.6) is 0 Å². The summed E-state index contributed by atoms with van der Waals surface area (Å²) in [6.07, 6.45) is -3.44. The van der Waals surface area contributed by atoms with Crippen molar-refractivity contribution in [1.82, 2.24) is 0 Å². The first-order chi connectivity index (χ1) is 5.33. The van der Waals surface area contributed by atoms with Crippen LogP contribution in [-0.4, -0.2) is 26.2 Å². The number of hydrogen-bond acceptors (Lipinski definition) is 2. The molecular formula is C7H11F3O2. The lowest BCUT2D eigenvalue weighted by atomic mass is 10.3. The largest absolute Gasteiger partial charge is 0.409 e. The summed E-state index contributed by atoms with van der Waals surface area (Å²) in [5.41, 5.74) is 0.